The first-order valence-corrected chi connectivity index (χ1v) is 5.81. The van der Waals surface area contributed by atoms with Gasteiger partial charge in [0.05, 0.1) is 5.69 Å². The van der Waals surface area contributed by atoms with Gasteiger partial charge in [-0.2, -0.15) is 0 Å². The Bertz CT molecular complexity index is 329. The third kappa shape index (κ3) is 1.90. The minimum absolute atomic E-state index is 0.428. The topological polar surface area (TPSA) is 45.8 Å². The molecule has 4 heteroatoms. The Hall–Kier alpha value is -0.640. The van der Waals surface area contributed by atoms with Gasteiger partial charge in [0.15, 0.2) is 12.1 Å². The Morgan fingerprint density at radius 3 is 2.64 bits per heavy atom. The van der Waals surface area contributed by atoms with Crippen molar-refractivity contribution in [2.45, 2.75) is 38.0 Å². The summed E-state index contributed by atoms with van der Waals surface area (Å²) in [6, 6.07) is 0. The molecule has 0 spiro atoms. The fourth-order valence-electron chi connectivity index (χ4n) is 2.10. The third-order valence-corrected chi connectivity index (χ3v) is 3.43. The molecule has 1 aliphatic carbocycles. The molecule has 0 aromatic carbocycles. The van der Waals surface area contributed by atoms with Gasteiger partial charge in [-0.3, -0.25) is 4.79 Å². The number of hydrogen-bond acceptors (Lipinski definition) is 2. The molecule has 1 fully saturated rings. The fraction of sp³-hybridized carbons (Fsp3) is 0.600. The van der Waals surface area contributed by atoms with E-state index in [9.17, 15) is 4.79 Å². The summed E-state index contributed by atoms with van der Waals surface area (Å²) in [5, 5.41) is 0. The lowest BCUT2D eigenvalue weighted by atomic mass is 9.87. The summed E-state index contributed by atoms with van der Waals surface area (Å²) < 4.78 is 0.812. The molecule has 0 bridgehead atoms. The van der Waals surface area contributed by atoms with E-state index in [1.165, 1.54) is 32.1 Å². The molecule has 1 aliphatic rings. The molecule has 2 rings (SSSR count). The van der Waals surface area contributed by atoms with Crippen LogP contribution in [0.25, 0.3) is 0 Å². The standard InChI is InChI=1S/C10H13BrN2O/c11-10-9(12-8(6-14)13-10)7-4-2-1-3-5-7/h6-7H,1-5H2,(H,12,13). The molecule has 1 N–H and O–H groups in total. The minimum atomic E-state index is 0.428. The lowest BCUT2D eigenvalue weighted by Gasteiger charge is -2.20. The zero-order valence-corrected chi connectivity index (χ0v) is 9.51. The molecule has 0 saturated heterocycles. The van der Waals surface area contributed by atoms with E-state index in [-0.39, 0.29) is 0 Å². The maximum Gasteiger partial charge on any atom is 0.185 e. The summed E-state index contributed by atoms with van der Waals surface area (Å²) in [6.07, 6.45) is 7.08. The molecule has 14 heavy (non-hydrogen) atoms. The average molecular weight is 257 g/mol. The van der Waals surface area contributed by atoms with E-state index in [0.717, 1.165) is 16.6 Å². The number of nitrogens with zero attached hydrogens (tertiary/aromatic N) is 1. The highest BCUT2D eigenvalue weighted by molar-refractivity contribution is 9.10. The molecule has 0 amide bonds. The van der Waals surface area contributed by atoms with Crippen LogP contribution < -0.4 is 0 Å². The first kappa shape index (κ1) is 9.90. The summed E-state index contributed by atoms with van der Waals surface area (Å²) in [5.74, 6) is 0.983. The van der Waals surface area contributed by atoms with Gasteiger partial charge in [0.2, 0.25) is 0 Å². The highest BCUT2D eigenvalue weighted by Crippen LogP contribution is 2.34. The largest absolute Gasteiger partial charge is 0.338 e. The lowest BCUT2D eigenvalue weighted by molar-refractivity contribution is 0.111. The smallest absolute Gasteiger partial charge is 0.185 e. The van der Waals surface area contributed by atoms with E-state index in [4.69, 9.17) is 0 Å². The second kappa shape index (κ2) is 4.26. The number of halogens is 1. The van der Waals surface area contributed by atoms with Gasteiger partial charge in [0, 0.05) is 5.92 Å². The zero-order chi connectivity index (χ0) is 9.97. The predicted octanol–water partition coefficient (Wildman–Crippen LogP) is 3.03. The minimum Gasteiger partial charge on any atom is -0.338 e. The lowest BCUT2D eigenvalue weighted by Crippen LogP contribution is -2.05. The number of hydrogen-bond donors (Lipinski definition) is 1. The first-order chi connectivity index (χ1) is 6.81. The molecule has 0 unspecified atom stereocenters. The molecule has 0 radical (unpaired) electrons. The second-order valence-corrected chi connectivity index (χ2v) is 4.53. The number of H-pyrrole nitrogens is 1. The van der Waals surface area contributed by atoms with Gasteiger partial charge in [-0.15, -0.1) is 0 Å². The van der Waals surface area contributed by atoms with Crippen molar-refractivity contribution in [2.24, 2.45) is 0 Å². The van der Waals surface area contributed by atoms with Gasteiger partial charge in [-0.25, -0.2) is 4.98 Å². The van der Waals surface area contributed by atoms with Gasteiger partial charge < -0.3 is 4.98 Å². The fourth-order valence-corrected chi connectivity index (χ4v) is 2.71. The van der Waals surface area contributed by atoms with Crippen LogP contribution in [0.15, 0.2) is 4.60 Å². The Morgan fingerprint density at radius 1 is 1.36 bits per heavy atom. The number of aromatic amines is 1. The van der Waals surface area contributed by atoms with E-state index in [0.29, 0.717) is 11.7 Å². The zero-order valence-electron chi connectivity index (χ0n) is 7.92. The monoisotopic (exact) mass is 256 g/mol. The number of imidazole rings is 1. The molecule has 1 aromatic heterocycles. The second-order valence-electron chi connectivity index (χ2n) is 3.78. The summed E-state index contributed by atoms with van der Waals surface area (Å²) in [4.78, 5) is 17.7. The highest BCUT2D eigenvalue weighted by atomic mass is 79.9. The number of carbonyl (C=O) groups excluding carboxylic acids is 1. The van der Waals surface area contributed by atoms with Crippen molar-refractivity contribution in [3.63, 3.8) is 0 Å². The predicted molar refractivity (Wildman–Crippen MR) is 57.5 cm³/mol. The van der Waals surface area contributed by atoms with Crippen LogP contribution in [0.3, 0.4) is 0 Å². The third-order valence-electron chi connectivity index (χ3n) is 2.83. The van der Waals surface area contributed by atoms with Crippen molar-refractivity contribution in [3.8, 4) is 0 Å². The molecule has 1 saturated carbocycles. The van der Waals surface area contributed by atoms with Crippen molar-refractivity contribution in [1.29, 1.82) is 0 Å². The summed E-state index contributed by atoms with van der Waals surface area (Å²) in [5.41, 5.74) is 1.10. The molecular formula is C10H13BrN2O. The van der Waals surface area contributed by atoms with Crippen molar-refractivity contribution >= 4 is 22.2 Å². The summed E-state index contributed by atoms with van der Waals surface area (Å²) in [6.45, 7) is 0. The van der Waals surface area contributed by atoms with Crippen molar-refractivity contribution < 1.29 is 4.79 Å². The first-order valence-electron chi connectivity index (χ1n) is 5.02. The SMILES string of the molecule is O=Cc1nc(Br)c(C2CCCCC2)[nH]1. The van der Waals surface area contributed by atoms with E-state index < -0.39 is 0 Å². The molecule has 3 nitrogen and oxygen atoms in total. The van der Waals surface area contributed by atoms with Gasteiger partial charge in [0.1, 0.15) is 4.60 Å². The van der Waals surface area contributed by atoms with E-state index in [1.54, 1.807) is 0 Å². The van der Waals surface area contributed by atoms with Crippen molar-refractivity contribution in [1.82, 2.24) is 9.97 Å². The molecule has 76 valence electrons. The molecule has 0 atom stereocenters. The van der Waals surface area contributed by atoms with E-state index in [2.05, 4.69) is 25.9 Å². The number of rotatable bonds is 2. The van der Waals surface area contributed by atoms with Gasteiger partial charge in [-0.1, -0.05) is 19.3 Å². The highest BCUT2D eigenvalue weighted by Gasteiger charge is 2.20. The summed E-state index contributed by atoms with van der Waals surface area (Å²) in [7, 11) is 0. The number of aromatic nitrogens is 2. The maximum absolute atomic E-state index is 10.5. The van der Waals surface area contributed by atoms with Crippen LogP contribution in [0.5, 0.6) is 0 Å². The number of aldehydes is 1. The van der Waals surface area contributed by atoms with Crippen LogP contribution in [0, 0.1) is 0 Å². The van der Waals surface area contributed by atoms with Gasteiger partial charge in [-0.05, 0) is 28.8 Å². The quantitative estimate of drug-likeness (QED) is 0.827. The average Bonchev–Trinajstić information content (AvgIpc) is 2.61. The number of nitrogens with one attached hydrogen (secondary N) is 1. The van der Waals surface area contributed by atoms with Crippen LogP contribution in [0.1, 0.15) is 54.3 Å². The van der Waals surface area contributed by atoms with Crippen LogP contribution in [-0.4, -0.2) is 16.3 Å². The number of carbonyl (C=O) groups is 1. The van der Waals surface area contributed by atoms with Crippen LogP contribution >= 0.6 is 15.9 Å². The summed E-state index contributed by atoms with van der Waals surface area (Å²) >= 11 is 3.39. The van der Waals surface area contributed by atoms with Gasteiger partial charge >= 0.3 is 0 Å². The van der Waals surface area contributed by atoms with Crippen molar-refractivity contribution in [2.75, 3.05) is 0 Å². The molecular weight excluding hydrogens is 244 g/mol. The molecule has 0 aliphatic heterocycles. The normalized spacial score (nSPS) is 18.4. The van der Waals surface area contributed by atoms with Crippen LogP contribution in [0.2, 0.25) is 0 Å². The maximum atomic E-state index is 10.5. The molecule has 1 heterocycles. The van der Waals surface area contributed by atoms with Crippen LogP contribution in [0.4, 0.5) is 0 Å². The van der Waals surface area contributed by atoms with E-state index in [1.807, 2.05) is 0 Å². The van der Waals surface area contributed by atoms with Gasteiger partial charge in [0.25, 0.3) is 0 Å². The Labute approximate surface area is 91.4 Å². The van der Waals surface area contributed by atoms with E-state index >= 15 is 0 Å². The molecule has 1 aromatic rings. The Balaban J connectivity index is 2.20. The Morgan fingerprint density at radius 2 is 2.07 bits per heavy atom. The Kier molecular flexibility index (Phi) is 3.01. The van der Waals surface area contributed by atoms with Crippen molar-refractivity contribution in [3.05, 3.63) is 16.1 Å². The van der Waals surface area contributed by atoms with Crippen LogP contribution in [-0.2, 0) is 0 Å².